The number of phenols is 1. The number of benzene rings is 1. The minimum absolute atomic E-state index is 0.0355. The number of carbonyl (C=O) groups is 2. The van der Waals surface area contributed by atoms with E-state index >= 15 is 0 Å². The molecule has 0 bridgehead atoms. The van der Waals surface area contributed by atoms with Gasteiger partial charge in [-0.25, -0.2) is 4.79 Å². The maximum atomic E-state index is 11.5. The van der Waals surface area contributed by atoms with E-state index in [2.05, 4.69) is 5.32 Å². The van der Waals surface area contributed by atoms with Crippen molar-refractivity contribution in [2.24, 2.45) is 0 Å². The maximum Gasteiger partial charge on any atom is 0.412 e. The number of anilines is 1. The van der Waals surface area contributed by atoms with Gasteiger partial charge in [0.1, 0.15) is 17.6 Å². The molecular formula is C14H17NO4. The van der Waals surface area contributed by atoms with Gasteiger partial charge in [-0.1, -0.05) is 0 Å². The second kappa shape index (κ2) is 6.04. The summed E-state index contributed by atoms with van der Waals surface area (Å²) >= 11 is 0. The standard InChI is InChI=1S/C14H17NO4/c1-14(2,3)19-13(18)15-11-7-6-10(5-4-8-16)12(17)9-11/h4-9,17H,1-3H3,(H,15,18)/b5-4+. The van der Waals surface area contributed by atoms with E-state index in [1.165, 1.54) is 18.2 Å². The van der Waals surface area contributed by atoms with Gasteiger partial charge in [-0.05, 0) is 45.1 Å². The van der Waals surface area contributed by atoms with E-state index in [-0.39, 0.29) is 5.75 Å². The number of aldehydes is 1. The molecule has 0 heterocycles. The third-order valence-corrected chi connectivity index (χ3v) is 2.03. The van der Waals surface area contributed by atoms with Crippen molar-refractivity contribution in [2.45, 2.75) is 26.4 Å². The topological polar surface area (TPSA) is 75.6 Å². The summed E-state index contributed by atoms with van der Waals surface area (Å²) in [5, 5.41) is 12.2. The van der Waals surface area contributed by atoms with E-state index in [0.29, 0.717) is 17.5 Å². The number of carbonyl (C=O) groups excluding carboxylic acids is 2. The van der Waals surface area contributed by atoms with Crippen LogP contribution in [0.25, 0.3) is 6.08 Å². The largest absolute Gasteiger partial charge is 0.507 e. The van der Waals surface area contributed by atoms with E-state index in [4.69, 9.17) is 4.74 Å². The smallest absolute Gasteiger partial charge is 0.412 e. The molecule has 5 heteroatoms. The minimum atomic E-state index is -0.594. The van der Waals surface area contributed by atoms with Crippen LogP contribution in [-0.2, 0) is 9.53 Å². The Morgan fingerprint density at radius 1 is 1.37 bits per heavy atom. The first-order valence-corrected chi connectivity index (χ1v) is 5.77. The molecule has 1 amide bonds. The summed E-state index contributed by atoms with van der Waals surface area (Å²) in [7, 11) is 0. The Bertz CT molecular complexity index is 501. The predicted molar refractivity (Wildman–Crippen MR) is 73.1 cm³/mol. The van der Waals surface area contributed by atoms with E-state index in [1.54, 1.807) is 32.9 Å². The highest BCUT2D eigenvalue weighted by molar-refractivity contribution is 5.86. The first kappa shape index (κ1) is 14.8. The molecule has 0 saturated carbocycles. The van der Waals surface area contributed by atoms with E-state index in [9.17, 15) is 14.7 Å². The molecule has 0 aliphatic rings. The third-order valence-electron chi connectivity index (χ3n) is 2.03. The molecule has 0 spiro atoms. The summed E-state index contributed by atoms with van der Waals surface area (Å²) in [4.78, 5) is 21.7. The van der Waals surface area contributed by atoms with E-state index in [1.807, 2.05) is 0 Å². The van der Waals surface area contributed by atoms with Gasteiger partial charge in [-0.3, -0.25) is 10.1 Å². The van der Waals surface area contributed by atoms with Crippen molar-refractivity contribution >= 4 is 24.1 Å². The molecule has 19 heavy (non-hydrogen) atoms. The summed E-state index contributed by atoms with van der Waals surface area (Å²) in [6.45, 7) is 5.28. The molecule has 0 saturated heterocycles. The van der Waals surface area contributed by atoms with Crippen LogP contribution in [0.15, 0.2) is 24.3 Å². The predicted octanol–water partition coefficient (Wildman–Crippen LogP) is 2.95. The number of ether oxygens (including phenoxy) is 1. The van der Waals surface area contributed by atoms with Crippen LogP contribution >= 0.6 is 0 Å². The van der Waals surface area contributed by atoms with Crippen molar-refractivity contribution in [1.82, 2.24) is 0 Å². The maximum absolute atomic E-state index is 11.5. The Balaban J connectivity index is 2.76. The second-order valence-corrected chi connectivity index (χ2v) is 4.90. The van der Waals surface area contributed by atoms with Crippen LogP contribution in [0, 0.1) is 0 Å². The molecule has 0 aromatic heterocycles. The average Bonchev–Trinajstić information content (AvgIpc) is 2.25. The molecule has 0 fully saturated rings. The summed E-state index contributed by atoms with van der Waals surface area (Å²) in [5.74, 6) is -0.0355. The lowest BCUT2D eigenvalue weighted by atomic mass is 10.1. The molecule has 1 rings (SSSR count). The van der Waals surface area contributed by atoms with Crippen LogP contribution in [0.3, 0.4) is 0 Å². The van der Waals surface area contributed by atoms with E-state index in [0.717, 1.165) is 0 Å². The minimum Gasteiger partial charge on any atom is -0.507 e. The summed E-state index contributed by atoms with van der Waals surface area (Å²) < 4.78 is 5.08. The molecule has 0 aliphatic carbocycles. The highest BCUT2D eigenvalue weighted by Crippen LogP contribution is 2.23. The van der Waals surface area contributed by atoms with Crippen LogP contribution < -0.4 is 5.32 Å². The van der Waals surface area contributed by atoms with Crippen LogP contribution in [-0.4, -0.2) is 23.1 Å². The Hall–Kier alpha value is -2.30. The number of nitrogens with one attached hydrogen (secondary N) is 1. The molecule has 2 N–H and O–H groups in total. The number of allylic oxidation sites excluding steroid dienone is 1. The Morgan fingerprint density at radius 3 is 2.58 bits per heavy atom. The monoisotopic (exact) mass is 263 g/mol. The number of hydrogen-bond acceptors (Lipinski definition) is 4. The molecule has 1 aromatic carbocycles. The molecule has 0 unspecified atom stereocenters. The first-order valence-electron chi connectivity index (χ1n) is 5.77. The number of phenolic OH excluding ortho intramolecular Hbond substituents is 1. The molecular weight excluding hydrogens is 246 g/mol. The number of hydrogen-bond donors (Lipinski definition) is 2. The van der Waals surface area contributed by atoms with Gasteiger partial charge in [0.15, 0.2) is 0 Å². The van der Waals surface area contributed by atoms with Crippen LogP contribution in [0.2, 0.25) is 0 Å². The number of amides is 1. The van der Waals surface area contributed by atoms with Crippen molar-refractivity contribution in [3.8, 4) is 5.75 Å². The Morgan fingerprint density at radius 2 is 2.05 bits per heavy atom. The molecule has 0 aliphatic heterocycles. The molecule has 0 radical (unpaired) electrons. The lowest BCUT2D eigenvalue weighted by Gasteiger charge is -2.19. The molecule has 5 nitrogen and oxygen atoms in total. The number of aromatic hydroxyl groups is 1. The first-order chi connectivity index (χ1) is 8.81. The summed E-state index contributed by atoms with van der Waals surface area (Å²) in [5.41, 5.74) is 0.315. The Labute approximate surface area is 111 Å². The zero-order valence-corrected chi connectivity index (χ0v) is 11.1. The summed E-state index contributed by atoms with van der Waals surface area (Å²) in [6.07, 6.45) is 2.77. The quantitative estimate of drug-likeness (QED) is 0.649. The van der Waals surface area contributed by atoms with Crippen molar-refractivity contribution in [1.29, 1.82) is 0 Å². The van der Waals surface area contributed by atoms with E-state index < -0.39 is 11.7 Å². The zero-order valence-electron chi connectivity index (χ0n) is 11.1. The molecule has 102 valence electrons. The van der Waals surface area contributed by atoms with Crippen molar-refractivity contribution in [2.75, 3.05) is 5.32 Å². The van der Waals surface area contributed by atoms with Crippen LogP contribution in [0.4, 0.5) is 10.5 Å². The average molecular weight is 263 g/mol. The lowest BCUT2D eigenvalue weighted by molar-refractivity contribution is -0.104. The van der Waals surface area contributed by atoms with Crippen molar-refractivity contribution in [3.63, 3.8) is 0 Å². The molecule has 0 atom stereocenters. The fourth-order valence-electron chi connectivity index (χ4n) is 1.33. The van der Waals surface area contributed by atoms with Gasteiger partial charge in [0.05, 0.1) is 0 Å². The van der Waals surface area contributed by atoms with Crippen molar-refractivity contribution < 1.29 is 19.4 Å². The third kappa shape index (κ3) is 5.25. The zero-order chi connectivity index (χ0) is 14.5. The van der Waals surface area contributed by atoms with Gasteiger partial charge in [-0.2, -0.15) is 0 Å². The van der Waals surface area contributed by atoms with Gasteiger partial charge in [0, 0.05) is 17.3 Å². The van der Waals surface area contributed by atoms with Crippen molar-refractivity contribution in [3.05, 3.63) is 29.8 Å². The van der Waals surface area contributed by atoms with Crippen LogP contribution in [0.1, 0.15) is 26.3 Å². The lowest BCUT2D eigenvalue weighted by Crippen LogP contribution is -2.27. The SMILES string of the molecule is CC(C)(C)OC(=O)Nc1ccc(/C=C/C=O)c(O)c1. The second-order valence-electron chi connectivity index (χ2n) is 4.90. The normalized spacial score (nSPS) is 11.3. The fraction of sp³-hybridized carbons (Fsp3) is 0.286. The fourth-order valence-corrected chi connectivity index (χ4v) is 1.33. The number of rotatable bonds is 3. The van der Waals surface area contributed by atoms with Gasteiger partial charge in [-0.15, -0.1) is 0 Å². The highest BCUT2D eigenvalue weighted by atomic mass is 16.6. The van der Waals surface area contributed by atoms with Gasteiger partial charge in [0.25, 0.3) is 0 Å². The molecule has 1 aromatic rings. The van der Waals surface area contributed by atoms with Gasteiger partial charge in [0.2, 0.25) is 0 Å². The van der Waals surface area contributed by atoms with Gasteiger partial charge < -0.3 is 9.84 Å². The highest BCUT2D eigenvalue weighted by Gasteiger charge is 2.16. The van der Waals surface area contributed by atoms with Crippen LogP contribution in [0.5, 0.6) is 5.75 Å². The summed E-state index contributed by atoms with van der Waals surface area (Å²) in [6, 6.07) is 4.57. The Kier molecular flexibility index (Phi) is 4.69. The van der Waals surface area contributed by atoms with Gasteiger partial charge >= 0.3 is 6.09 Å².